The minimum Gasteiger partial charge on any atom is -0.328 e. The molecule has 15 heavy (non-hydrogen) atoms. The Labute approximate surface area is 94.6 Å². The summed E-state index contributed by atoms with van der Waals surface area (Å²) >= 11 is 3.11. The molecule has 0 aromatic heterocycles. The van der Waals surface area contributed by atoms with Crippen LogP contribution in [0, 0.1) is 0 Å². The molecular weight excluding hydrogens is 271 g/mol. The van der Waals surface area contributed by atoms with Crippen molar-refractivity contribution in [1.29, 1.82) is 0 Å². The van der Waals surface area contributed by atoms with Gasteiger partial charge in [-0.3, -0.25) is 0 Å². The summed E-state index contributed by atoms with van der Waals surface area (Å²) in [5, 5.41) is 0. The lowest BCUT2D eigenvalue weighted by Crippen LogP contribution is -2.18. The maximum atomic E-state index is 12.3. The molecular formula is C10H11BrF3N. The lowest BCUT2D eigenvalue weighted by atomic mass is 10.1. The zero-order valence-corrected chi connectivity index (χ0v) is 9.69. The van der Waals surface area contributed by atoms with Gasteiger partial charge in [0.25, 0.3) is 0 Å². The highest BCUT2D eigenvalue weighted by Gasteiger charge is 2.30. The normalized spacial score (nSPS) is 14.0. The van der Waals surface area contributed by atoms with Crippen molar-refractivity contribution < 1.29 is 13.2 Å². The van der Waals surface area contributed by atoms with E-state index in [9.17, 15) is 13.2 Å². The molecule has 1 aromatic rings. The summed E-state index contributed by atoms with van der Waals surface area (Å²) in [6.07, 6.45) is -3.74. The van der Waals surface area contributed by atoms with E-state index in [1.807, 2.05) is 6.92 Å². The number of hydrogen-bond donors (Lipinski definition) is 1. The third-order valence-electron chi connectivity index (χ3n) is 1.92. The van der Waals surface area contributed by atoms with E-state index in [0.29, 0.717) is 10.9 Å². The number of alkyl halides is 3. The second-order valence-corrected chi connectivity index (χ2v) is 4.34. The van der Waals surface area contributed by atoms with E-state index < -0.39 is 11.7 Å². The lowest BCUT2D eigenvalue weighted by molar-refractivity contribution is -0.137. The standard InChI is InChI=1S/C10H11BrF3N/c1-6(15)4-7-2-3-8(5-9(7)11)10(12,13)14/h2-3,5-6H,4,15H2,1H3/t6-/m0/s1. The maximum absolute atomic E-state index is 12.3. The Morgan fingerprint density at radius 3 is 2.40 bits per heavy atom. The largest absolute Gasteiger partial charge is 0.416 e. The van der Waals surface area contributed by atoms with Crippen molar-refractivity contribution in [3.63, 3.8) is 0 Å². The quantitative estimate of drug-likeness (QED) is 0.884. The van der Waals surface area contributed by atoms with Crippen molar-refractivity contribution in [2.45, 2.75) is 25.6 Å². The summed E-state index contributed by atoms with van der Waals surface area (Å²) in [4.78, 5) is 0. The summed E-state index contributed by atoms with van der Waals surface area (Å²) < 4.78 is 37.4. The summed E-state index contributed by atoms with van der Waals surface area (Å²) in [7, 11) is 0. The van der Waals surface area contributed by atoms with Gasteiger partial charge in [0.1, 0.15) is 0 Å². The molecule has 0 heterocycles. The number of benzene rings is 1. The van der Waals surface area contributed by atoms with Gasteiger partial charge in [-0.2, -0.15) is 13.2 Å². The van der Waals surface area contributed by atoms with Gasteiger partial charge in [-0.15, -0.1) is 0 Å². The van der Waals surface area contributed by atoms with E-state index >= 15 is 0 Å². The van der Waals surface area contributed by atoms with Gasteiger partial charge in [0, 0.05) is 10.5 Å². The second-order valence-electron chi connectivity index (χ2n) is 3.49. The SMILES string of the molecule is C[C@H](N)Cc1ccc(C(F)(F)F)cc1Br. The highest BCUT2D eigenvalue weighted by Crippen LogP contribution is 2.32. The smallest absolute Gasteiger partial charge is 0.328 e. The van der Waals surface area contributed by atoms with Crippen molar-refractivity contribution in [3.8, 4) is 0 Å². The van der Waals surface area contributed by atoms with Crippen LogP contribution < -0.4 is 5.73 Å². The van der Waals surface area contributed by atoms with Gasteiger partial charge in [0.05, 0.1) is 5.56 Å². The first-order chi connectivity index (χ1) is 6.80. The summed E-state index contributed by atoms with van der Waals surface area (Å²) in [5.74, 6) is 0. The van der Waals surface area contributed by atoms with E-state index in [2.05, 4.69) is 15.9 Å². The van der Waals surface area contributed by atoms with Gasteiger partial charge >= 0.3 is 6.18 Å². The van der Waals surface area contributed by atoms with Crippen molar-refractivity contribution in [3.05, 3.63) is 33.8 Å². The first kappa shape index (κ1) is 12.5. The van der Waals surface area contributed by atoms with Crippen LogP contribution in [0.2, 0.25) is 0 Å². The van der Waals surface area contributed by atoms with Gasteiger partial charge in [-0.25, -0.2) is 0 Å². The van der Waals surface area contributed by atoms with E-state index in [1.165, 1.54) is 6.07 Å². The van der Waals surface area contributed by atoms with Crippen LogP contribution in [0.4, 0.5) is 13.2 Å². The van der Waals surface area contributed by atoms with Crippen LogP contribution in [0.5, 0.6) is 0 Å². The molecule has 0 saturated heterocycles. The molecule has 0 bridgehead atoms. The van der Waals surface area contributed by atoms with E-state index in [-0.39, 0.29) is 6.04 Å². The fourth-order valence-corrected chi connectivity index (χ4v) is 1.78. The fraction of sp³-hybridized carbons (Fsp3) is 0.400. The topological polar surface area (TPSA) is 26.0 Å². The molecule has 0 saturated carbocycles. The van der Waals surface area contributed by atoms with Crippen LogP contribution in [-0.4, -0.2) is 6.04 Å². The molecule has 1 nitrogen and oxygen atoms in total. The van der Waals surface area contributed by atoms with Crippen LogP contribution in [0.25, 0.3) is 0 Å². The summed E-state index contributed by atoms with van der Waals surface area (Å²) in [6, 6.07) is 3.54. The van der Waals surface area contributed by atoms with Crippen molar-refractivity contribution in [2.24, 2.45) is 5.73 Å². The van der Waals surface area contributed by atoms with E-state index in [4.69, 9.17) is 5.73 Å². The highest BCUT2D eigenvalue weighted by molar-refractivity contribution is 9.10. The zero-order chi connectivity index (χ0) is 11.6. The predicted molar refractivity (Wildman–Crippen MR) is 56.5 cm³/mol. The monoisotopic (exact) mass is 281 g/mol. The first-order valence-electron chi connectivity index (χ1n) is 4.42. The Balaban J connectivity index is 2.98. The Kier molecular flexibility index (Phi) is 3.78. The van der Waals surface area contributed by atoms with Crippen LogP contribution in [0.1, 0.15) is 18.1 Å². The molecule has 1 rings (SSSR count). The van der Waals surface area contributed by atoms with E-state index in [1.54, 1.807) is 0 Å². The Morgan fingerprint density at radius 1 is 1.40 bits per heavy atom. The number of nitrogens with two attached hydrogens (primary N) is 1. The molecule has 5 heteroatoms. The van der Waals surface area contributed by atoms with Crippen LogP contribution in [0.3, 0.4) is 0 Å². The molecule has 0 fully saturated rings. The molecule has 84 valence electrons. The number of halogens is 4. The van der Waals surface area contributed by atoms with Gasteiger partial charge in [-0.05, 0) is 31.0 Å². The highest BCUT2D eigenvalue weighted by atomic mass is 79.9. The molecule has 0 amide bonds. The zero-order valence-electron chi connectivity index (χ0n) is 8.11. The van der Waals surface area contributed by atoms with Crippen molar-refractivity contribution in [2.75, 3.05) is 0 Å². The predicted octanol–water partition coefficient (Wildman–Crippen LogP) is 3.36. The first-order valence-corrected chi connectivity index (χ1v) is 5.21. The molecule has 1 atom stereocenters. The Morgan fingerprint density at radius 2 is 2.00 bits per heavy atom. The van der Waals surface area contributed by atoms with Crippen LogP contribution >= 0.6 is 15.9 Å². The average molecular weight is 282 g/mol. The molecule has 1 aromatic carbocycles. The Bertz CT molecular complexity index is 347. The van der Waals surface area contributed by atoms with Gasteiger partial charge in [0.15, 0.2) is 0 Å². The second kappa shape index (κ2) is 4.53. The molecule has 0 spiro atoms. The Hall–Kier alpha value is -0.550. The number of hydrogen-bond acceptors (Lipinski definition) is 1. The van der Waals surface area contributed by atoms with Crippen LogP contribution in [-0.2, 0) is 12.6 Å². The van der Waals surface area contributed by atoms with Gasteiger partial charge in [0.2, 0.25) is 0 Å². The fourth-order valence-electron chi connectivity index (χ4n) is 1.24. The molecule has 0 aliphatic heterocycles. The van der Waals surface area contributed by atoms with Crippen molar-refractivity contribution >= 4 is 15.9 Å². The molecule has 0 unspecified atom stereocenters. The molecule has 0 aliphatic carbocycles. The lowest BCUT2D eigenvalue weighted by Gasteiger charge is -2.11. The molecule has 0 aliphatic rings. The van der Waals surface area contributed by atoms with E-state index in [0.717, 1.165) is 17.7 Å². The minimum atomic E-state index is -4.30. The van der Waals surface area contributed by atoms with Gasteiger partial charge < -0.3 is 5.73 Å². The summed E-state index contributed by atoms with van der Waals surface area (Å²) in [6.45, 7) is 1.81. The van der Waals surface area contributed by atoms with Crippen LogP contribution in [0.15, 0.2) is 22.7 Å². The molecule has 0 radical (unpaired) electrons. The summed E-state index contributed by atoms with van der Waals surface area (Å²) in [5.41, 5.74) is 5.71. The maximum Gasteiger partial charge on any atom is 0.416 e. The minimum absolute atomic E-state index is 0.0713. The molecule has 2 N–H and O–H groups in total. The third-order valence-corrected chi connectivity index (χ3v) is 2.66. The number of rotatable bonds is 2. The van der Waals surface area contributed by atoms with Crippen molar-refractivity contribution in [1.82, 2.24) is 0 Å². The average Bonchev–Trinajstić information content (AvgIpc) is 2.05. The van der Waals surface area contributed by atoms with Gasteiger partial charge in [-0.1, -0.05) is 22.0 Å². The third kappa shape index (κ3) is 3.50.